The second-order valence-electron chi connectivity index (χ2n) is 10.0. The summed E-state index contributed by atoms with van der Waals surface area (Å²) in [5, 5.41) is 11.1. The van der Waals surface area contributed by atoms with E-state index in [1.807, 2.05) is 30.3 Å². The van der Waals surface area contributed by atoms with E-state index >= 15 is 0 Å². The molecule has 40 heavy (non-hydrogen) atoms. The molecule has 1 N–H and O–H groups in total. The van der Waals surface area contributed by atoms with Gasteiger partial charge in [-0.15, -0.1) is 0 Å². The van der Waals surface area contributed by atoms with Crippen molar-refractivity contribution in [1.29, 1.82) is 0 Å². The molecule has 1 aliphatic carbocycles. The van der Waals surface area contributed by atoms with Crippen LogP contribution in [0, 0.1) is 0 Å². The first-order chi connectivity index (χ1) is 19.1. The molecule has 6 rings (SSSR count). The Bertz CT molecular complexity index is 1710. The second-order valence-corrected chi connectivity index (χ2v) is 13.5. The first kappa shape index (κ1) is 27.1. The predicted molar refractivity (Wildman–Crippen MR) is 154 cm³/mol. The van der Waals surface area contributed by atoms with Gasteiger partial charge < -0.3 is 9.84 Å². The molecule has 1 saturated carbocycles. The van der Waals surface area contributed by atoms with Crippen LogP contribution in [0.25, 0.3) is 0 Å². The van der Waals surface area contributed by atoms with Crippen LogP contribution in [-0.4, -0.2) is 40.9 Å². The minimum absolute atomic E-state index is 0.0402. The van der Waals surface area contributed by atoms with Gasteiger partial charge in [-0.05, 0) is 23.3 Å². The molecule has 204 valence electrons. The number of hydrogen-bond donors (Lipinski definition) is 1. The molecule has 0 amide bonds. The molecule has 0 spiro atoms. The Hall–Kier alpha value is -3.08. The van der Waals surface area contributed by atoms with Crippen molar-refractivity contribution in [3.63, 3.8) is 0 Å². The summed E-state index contributed by atoms with van der Waals surface area (Å²) < 4.78 is 37.7. The summed E-state index contributed by atoms with van der Waals surface area (Å²) in [6, 6.07) is 26.3. The Labute approximate surface area is 245 Å². The van der Waals surface area contributed by atoms with Gasteiger partial charge in [0.1, 0.15) is 16.7 Å². The van der Waals surface area contributed by atoms with E-state index in [-0.39, 0.29) is 23.0 Å². The number of ketones is 1. The largest absolute Gasteiger partial charge is 0.472 e. The second kappa shape index (κ2) is 9.78. The van der Waals surface area contributed by atoms with Gasteiger partial charge in [0.2, 0.25) is 21.4 Å². The van der Waals surface area contributed by atoms with Crippen LogP contribution in [0.3, 0.4) is 0 Å². The number of Topliss-reactive ketones (excluding diaryl/α,β-unsaturated/α-hetero) is 1. The number of aromatic nitrogens is 1. The fraction of sp³-hybridized carbons (Fsp3) is 0.200. The quantitative estimate of drug-likeness (QED) is 0.313. The van der Waals surface area contributed by atoms with E-state index in [0.717, 1.165) is 10.0 Å². The number of fused-ring (bicyclic) bond motifs is 4. The van der Waals surface area contributed by atoms with Gasteiger partial charge in [-0.1, -0.05) is 100 Å². The van der Waals surface area contributed by atoms with Gasteiger partial charge in [-0.2, -0.15) is 0 Å². The standard InChI is InChI=1S/C30H24BrClN2O5S/c1-34(18-19-8-4-2-5-9-19)40(37,38)27-25(20-10-6-3-7-11-20)30(21-12-14-22(31)15-13-21)28(35)29(27,36)26-24(39-30)16-23(32)17-33-26/h2-17,25,27,36H,18H2,1H3/t25-,27+,29+,30?/m1/s1. The van der Waals surface area contributed by atoms with Crippen LogP contribution in [0.1, 0.15) is 28.3 Å². The Morgan fingerprint density at radius 3 is 2.30 bits per heavy atom. The van der Waals surface area contributed by atoms with E-state index in [1.165, 1.54) is 23.6 Å². The smallest absolute Gasteiger partial charge is 0.221 e. The van der Waals surface area contributed by atoms with E-state index in [2.05, 4.69) is 20.9 Å². The maximum absolute atomic E-state index is 14.6. The highest BCUT2D eigenvalue weighted by atomic mass is 79.9. The maximum Gasteiger partial charge on any atom is 0.221 e. The zero-order valence-electron chi connectivity index (χ0n) is 21.2. The molecule has 2 bridgehead atoms. The summed E-state index contributed by atoms with van der Waals surface area (Å²) in [6.45, 7) is 0.0402. The van der Waals surface area contributed by atoms with Crippen LogP contribution in [-0.2, 0) is 32.6 Å². The maximum atomic E-state index is 14.6. The number of hydrogen-bond acceptors (Lipinski definition) is 6. The molecule has 1 aliphatic heterocycles. The first-order valence-electron chi connectivity index (χ1n) is 12.5. The van der Waals surface area contributed by atoms with E-state index in [9.17, 15) is 18.3 Å². The minimum atomic E-state index is -4.39. The van der Waals surface area contributed by atoms with Gasteiger partial charge >= 0.3 is 0 Å². The Kier molecular flexibility index (Phi) is 6.63. The molecule has 1 fully saturated rings. The lowest BCUT2D eigenvalue weighted by atomic mass is 9.78. The van der Waals surface area contributed by atoms with Gasteiger partial charge in [-0.25, -0.2) is 12.7 Å². The van der Waals surface area contributed by atoms with Crippen molar-refractivity contribution in [2.45, 2.75) is 28.9 Å². The number of aliphatic hydroxyl groups is 1. The molecule has 1 unspecified atom stereocenters. The zero-order chi connectivity index (χ0) is 28.3. The van der Waals surface area contributed by atoms with Crippen molar-refractivity contribution in [3.8, 4) is 5.75 Å². The highest BCUT2D eigenvalue weighted by molar-refractivity contribution is 9.10. The number of carbonyl (C=O) groups is 1. The van der Waals surface area contributed by atoms with Gasteiger partial charge in [0.05, 0.1) is 10.9 Å². The normalized spacial score (nSPS) is 25.5. The number of ether oxygens (including phenoxy) is 1. The van der Waals surface area contributed by atoms with Crippen LogP contribution in [0.15, 0.2) is 102 Å². The molecular formula is C30H24BrClN2O5S. The molecular weight excluding hydrogens is 616 g/mol. The number of carbonyl (C=O) groups excluding carboxylic acids is 1. The molecule has 1 aromatic heterocycles. The van der Waals surface area contributed by atoms with Crippen LogP contribution in [0.4, 0.5) is 0 Å². The van der Waals surface area contributed by atoms with E-state index < -0.39 is 38.2 Å². The molecule has 2 aliphatic rings. The number of nitrogens with zero attached hydrogens (tertiary/aromatic N) is 2. The van der Waals surface area contributed by atoms with Gasteiger partial charge in [0, 0.05) is 35.9 Å². The average Bonchev–Trinajstić information content (AvgIpc) is 3.08. The highest BCUT2D eigenvalue weighted by Crippen LogP contribution is 2.63. The van der Waals surface area contributed by atoms with E-state index in [0.29, 0.717) is 11.1 Å². The average molecular weight is 640 g/mol. The van der Waals surface area contributed by atoms with Crippen molar-refractivity contribution >= 4 is 43.3 Å². The van der Waals surface area contributed by atoms with Crippen molar-refractivity contribution < 1.29 is 23.1 Å². The molecule has 7 nitrogen and oxygen atoms in total. The SMILES string of the molecule is CN(Cc1ccccc1)S(=O)(=O)[C@H]1[C@@H](c2ccccc2)C2(c3ccc(Br)cc3)Oc3cc(Cl)cnc3[C@@]1(O)C2=O. The molecule has 10 heteroatoms. The molecule has 2 heterocycles. The Balaban J connectivity index is 1.65. The molecule has 3 aromatic carbocycles. The Morgan fingerprint density at radius 1 is 1.02 bits per heavy atom. The Morgan fingerprint density at radius 2 is 1.65 bits per heavy atom. The van der Waals surface area contributed by atoms with Crippen LogP contribution in [0.2, 0.25) is 5.02 Å². The van der Waals surface area contributed by atoms with E-state index in [1.54, 1.807) is 54.6 Å². The predicted octanol–water partition coefficient (Wildman–Crippen LogP) is 5.17. The highest BCUT2D eigenvalue weighted by Gasteiger charge is 2.78. The van der Waals surface area contributed by atoms with Crippen molar-refractivity contribution in [2.75, 3.05) is 7.05 Å². The summed E-state index contributed by atoms with van der Waals surface area (Å²) >= 11 is 9.69. The third-order valence-corrected chi connectivity index (χ3v) is 10.7. The minimum Gasteiger partial charge on any atom is -0.472 e. The number of halogens is 2. The van der Waals surface area contributed by atoms with Crippen molar-refractivity contribution in [1.82, 2.24) is 9.29 Å². The van der Waals surface area contributed by atoms with Crippen molar-refractivity contribution in [2.24, 2.45) is 0 Å². The lowest BCUT2D eigenvalue weighted by molar-refractivity contribution is -0.151. The number of sulfonamides is 1. The summed E-state index contributed by atoms with van der Waals surface area (Å²) in [5.74, 6) is -1.87. The monoisotopic (exact) mass is 638 g/mol. The number of pyridine rings is 1. The fourth-order valence-electron chi connectivity index (χ4n) is 5.97. The number of benzene rings is 3. The summed E-state index contributed by atoms with van der Waals surface area (Å²) in [5.41, 5.74) is -2.91. The summed E-state index contributed by atoms with van der Waals surface area (Å²) in [6.07, 6.45) is 1.27. The zero-order valence-corrected chi connectivity index (χ0v) is 24.4. The molecule has 0 radical (unpaired) electrons. The fourth-order valence-corrected chi connectivity index (χ4v) is 8.44. The lowest BCUT2D eigenvalue weighted by Gasteiger charge is -2.38. The molecule has 4 aromatic rings. The number of rotatable bonds is 6. The topological polar surface area (TPSA) is 96.8 Å². The van der Waals surface area contributed by atoms with Gasteiger partial charge in [0.25, 0.3) is 0 Å². The third kappa shape index (κ3) is 3.94. The van der Waals surface area contributed by atoms with Crippen molar-refractivity contribution in [3.05, 3.63) is 129 Å². The summed E-state index contributed by atoms with van der Waals surface area (Å²) in [7, 11) is -2.94. The van der Waals surface area contributed by atoms with Crippen LogP contribution in [0.5, 0.6) is 5.75 Å². The van der Waals surface area contributed by atoms with Crippen LogP contribution < -0.4 is 4.74 Å². The van der Waals surface area contributed by atoms with E-state index in [4.69, 9.17) is 16.3 Å². The summed E-state index contributed by atoms with van der Waals surface area (Å²) in [4.78, 5) is 18.9. The first-order valence-corrected chi connectivity index (χ1v) is 15.2. The molecule has 4 atom stereocenters. The lowest BCUT2D eigenvalue weighted by Crippen LogP contribution is -2.53. The van der Waals surface area contributed by atoms with Crippen LogP contribution >= 0.6 is 27.5 Å². The van der Waals surface area contributed by atoms with Gasteiger partial charge in [0.15, 0.2) is 5.60 Å². The third-order valence-electron chi connectivity index (χ3n) is 7.72. The van der Waals surface area contributed by atoms with Gasteiger partial charge in [-0.3, -0.25) is 9.78 Å². The molecule has 0 saturated heterocycles.